The minimum atomic E-state index is 0.474. The van der Waals surface area contributed by atoms with Crippen LogP contribution >= 0.6 is 22.9 Å². The summed E-state index contributed by atoms with van der Waals surface area (Å²) in [4.78, 5) is 8.55. The van der Waals surface area contributed by atoms with Crippen molar-refractivity contribution in [2.24, 2.45) is 0 Å². The van der Waals surface area contributed by atoms with E-state index in [-0.39, 0.29) is 0 Å². The maximum absolute atomic E-state index is 6.04. The first kappa shape index (κ1) is 8.88. The topological polar surface area (TPSA) is 38.9 Å². The third-order valence-electron chi connectivity index (χ3n) is 2.00. The first-order chi connectivity index (χ1) is 7.34. The lowest BCUT2D eigenvalue weighted by Gasteiger charge is -1.97. The normalized spacial score (nSPS) is 11.0. The van der Waals surface area contributed by atoms with Crippen LogP contribution in [0.5, 0.6) is 0 Å². The van der Waals surface area contributed by atoms with Crippen molar-refractivity contribution in [2.75, 3.05) is 0 Å². The fourth-order valence-electron chi connectivity index (χ4n) is 1.34. The van der Waals surface area contributed by atoms with Crippen LogP contribution < -0.4 is 0 Å². The van der Waals surface area contributed by atoms with Crippen molar-refractivity contribution in [3.63, 3.8) is 0 Å². The first-order valence-corrected chi connectivity index (χ1v) is 5.55. The Morgan fingerprint density at radius 1 is 1.27 bits per heavy atom. The second-order valence-corrected chi connectivity index (χ2v) is 4.22. The largest absolute Gasteiger partial charge is 0.461 e. The second-order valence-electron chi connectivity index (χ2n) is 2.95. The van der Waals surface area contributed by atoms with Crippen LogP contribution in [-0.2, 0) is 0 Å². The van der Waals surface area contributed by atoms with Crippen LogP contribution in [0.2, 0.25) is 5.15 Å². The number of hydrogen-bond donors (Lipinski definition) is 0. The smallest absolute Gasteiger partial charge is 0.197 e. The Morgan fingerprint density at radius 2 is 2.20 bits per heavy atom. The molecule has 0 aliphatic rings. The Morgan fingerprint density at radius 3 is 3.00 bits per heavy atom. The van der Waals surface area contributed by atoms with E-state index in [1.54, 1.807) is 12.3 Å². The summed E-state index contributed by atoms with van der Waals surface area (Å²) in [6.07, 6.45) is 1.59. The SMILES string of the molecule is Clc1nc(-c2ccco2)nc2ccsc12. The lowest BCUT2D eigenvalue weighted by molar-refractivity contribution is 0.577. The van der Waals surface area contributed by atoms with Gasteiger partial charge in [0.15, 0.2) is 16.7 Å². The maximum Gasteiger partial charge on any atom is 0.197 e. The van der Waals surface area contributed by atoms with Gasteiger partial charge in [0.2, 0.25) is 0 Å². The Kier molecular flexibility index (Phi) is 1.97. The molecule has 0 N–H and O–H groups in total. The number of nitrogens with zero attached hydrogens (tertiary/aromatic N) is 2. The summed E-state index contributed by atoms with van der Waals surface area (Å²) in [6, 6.07) is 5.52. The maximum atomic E-state index is 6.04. The van der Waals surface area contributed by atoms with E-state index in [2.05, 4.69) is 9.97 Å². The van der Waals surface area contributed by atoms with E-state index in [1.807, 2.05) is 17.5 Å². The monoisotopic (exact) mass is 236 g/mol. The fourth-order valence-corrected chi connectivity index (χ4v) is 2.36. The highest BCUT2D eigenvalue weighted by atomic mass is 35.5. The van der Waals surface area contributed by atoms with Gasteiger partial charge in [0.05, 0.1) is 16.5 Å². The molecule has 0 amide bonds. The predicted molar refractivity (Wildman–Crippen MR) is 60.1 cm³/mol. The van der Waals surface area contributed by atoms with Crippen LogP contribution in [0.25, 0.3) is 21.8 Å². The molecule has 5 heteroatoms. The molecule has 74 valence electrons. The Labute approximate surface area is 94.3 Å². The molecule has 0 spiro atoms. The average molecular weight is 237 g/mol. The van der Waals surface area contributed by atoms with Crippen LogP contribution in [0.4, 0.5) is 0 Å². The van der Waals surface area contributed by atoms with Gasteiger partial charge in [-0.25, -0.2) is 9.97 Å². The summed E-state index contributed by atoms with van der Waals surface area (Å²) in [5, 5.41) is 2.42. The van der Waals surface area contributed by atoms with Crippen molar-refractivity contribution in [3.8, 4) is 11.6 Å². The predicted octanol–water partition coefficient (Wildman–Crippen LogP) is 3.60. The first-order valence-electron chi connectivity index (χ1n) is 4.29. The van der Waals surface area contributed by atoms with Crippen molar-refractivity contribution in [1.29, 1.82) is 0 Å². The van der Waals surface area contributed by atoms with Crippen LogP contribution in [0.15, 0.2) is 34.3 Å². The van der Waals surface area contributed by atoms with Gasteiger partial charge in [-0.2, -0.15) is 0 Å². The van der Waals surface area contributed by atoms with Gasteiger partial charge in [-0.1, -0.05) is 11.6 Å². The highest BCUT2D eigenvalue weighted by molar-refractivity contribution is 7.17. The van der Waals surface area contributed by atoms with E-state index in [0.29, 0.717) is 16.7 Å². The number of fused-ring (bicyclic) bond motifs is 1. The van der Waals surface area contributed by atoms with E-state index in [1.165, 1.54) is 11.3 Å². The van der Waals surface area contributed by atoms with Gasteiger partial charge in [-0.05, 0) is 23.6 Å². The number of hydrogen-bond acceptors (Lipinski definition) is 4. The van der Waals surface area contributed by atoms with Gasteiger partial charge < -0.3 is 4.42 Å². The van der Waals surface area contributed by atoms with E-state index >= 15 is 0 Å². The summed E-state index contributed by atoms with van der Waals surface area (Å²) in [5.74, 6) is 1.15. The van der Waals surface area contributed by atoms with Crippen LogP contribution in [0.1, 0.15) is 0 Å². The third kappa shape index (κ3) is 1.42. The van der Waals surface area contributed by atoms with Gasteiger partial charge in [0, 0.05) is 0 Å². The highest BCUT2D eigenvalue weighted by Gasteiger charge is 2.10. The standard InChI is InChI=1S/C10H5ClN2OS/c11-9-8-6(3-5-15-8)12-10(13-9)7-2-1-4-14-7/h1-5H. The third-order valence-corrected chi connectivity index (χ3v) is 3.30. The molecule has 3 heterocycles. The van der Waals surface area contributed by atoms with Gasteiger partial charge >= 0.3 is 0 Å². The van der Waals surface area contributed by atoms with Crippen LogP contribution in [0, 0.1) is 0 Å². The summed E-state index contributed by atoms with van der Waals surface area (Å²) in [5.41, 5.74) is 0.853. The zero-order valence-corrected chi connectivity index (χ0v) is 9.05. The lowest BCUT2D eigenvalue weighted by atomic mass is 10.4. The molecule has 0 aliphatic carbocycles. The van der Waals surface area contributed by atoms with E-state index in [0.717, 1.165) is 10.2 Å². The summed E-state index contributed by atoms with van der Waals surface area (Å²) in [6.45, 7) is 0. The number of thiophene rings is 1. The molecule has 0 unspecified atom stereocenters. The molecule has 0 radical (unpaired) electrons. The minimum Gasteiger partial charge on any atom is -0.461 e. The Bertz CT molecular complexity index is 603. The Balaban J connectivity index is 2.29. The Hall–Kier alpha value is -1.39. The summed E-state index contributed by atoms with van der Waals surface area (Å²) in [7, 11) is 0. The molecule has 0 aromatic carbocycles. The molecule has 3 nitrogen and oxygen atoms in total. The summed E-state index contributed by atoms with van der Waals surface area (Å²) < 4.78 is 6.13. The van der Waals surface area contributed by atoms with Crippen LogP contribution in [0.3, 0.4) is 0 Å². The van der Waals surface area contributed by atoms with Crippen molar-refractivity contribution >= 4 is 33.2 Å². The molecule has 0 bridgehead atoms. The molecule has 3 rings (SSSR count). The highest BCUT2D eigenvalue weighted by Crippen LogP contribution is 2.28. The molecule has 0 aliphatic heterocycles. The van der Waals surface area contributed by atoms with E-state index in [4.69, 9.17) is 16.0 Å². The average Bonchev–Trinajstić information content (AvgIpc) is 2.88. The van der Waals surface area contributed by atoms with Crippen molar-refractivity contribution < 1.29 is 4.42 Å². The molecule has 0 saturated heterocycles. The quantitative estimate of drug-likeness (QED) is 0.606. The molecule has 3 aromatic heterocycles. The van der Waals surface area contributed by atoms with Gasteiger partial charge in [0.25, 0.3) is 0 Å². The molecule has 0 fully saturated rings. The minimum absolute atomic E-state index is 0.474. The van der Waals surface area contributed by atoms with Gasteiger partial charge in [-0.15, -0.1) is 11.3 Å². The van der Waals surface area contributed by atoms with E-state index in [9.17, 15) is 0 Å². The molecular formula is C10H5ClN2OS. The van der Waals surface area contributed by atoms with Gasteiger partial charge in [0.1, 0.15) is 0 Å². The lowest BCUT2D eigenvalue weighted by Crippen LogP contribution is -1.87. The fraction of sp³-hybridized carbons (Fsp3) is 0. The van der Waals surface area contributed by atoms with Crippen molar-refractivity contribution in [3.05, 3.63) is 35.0 Å². The number of halogens is 1. The van der Waals surface area contributed by atoms with Crippen molar-refractivity contribution in [1.82, 2.24) is 9.97 Å². The second kappa shape index (κ2) is 3.32. The van der Waals surface area contributed by atoms with Crippen molar-refractivity contribution in [2.45, 2.75) is 0 Å². The van der Waals surface area contributed by atoms with Gasteiger partial charge in [-0.3, -0.25) is 0 Å². The summed E-state index contributed by atoms with van der Waals surface area (Å²) >= 11 is 7.57. The number of furan rings is 1. The van der Waals surface area contributed by atoms with E-state index < -0.39 is 0 Å². The number of rotatable bonds is 1. The molecule has 0 atom stereocenters. The molecular weight excluding hydrogens is 232 g/mol. The number of aromatic nitrogens is 2. The molecule has 0 saturated carbocycles. The molecule has 3 aromatic rings. The molecule has 15 heavy (non-hydrogen) atoms. The van der Waals surface area contributed by atoms with Crippen LogP contribution in [-0.4, -0.2) is 9.97 Å². The zero-order chi connectivity index (χ0) is 10.3. The zero-order valence-electron chi connectivity index (χ0n) is 7.48.